The van der Waals surface area contributed by atoms with Gasteiger partial charge in [0.1, 0.15) is 0 Å². The Morgan fingerprint density at radius 1 is 1.16 bits per heavy atom. The summed E-state index contributed by atoms with van der Waals surface area (Å²) in [7, 11) is 0. The number of nitrogens with zero attached hydrogens (tertiary/aromatic N) is 1. The van der Waals surface area contributed by atoms with E-state index in [0.29, 0.717) is 16.1 Å². The predicted octanol–water partition coefficient (Wildman–Crippen LogP) is 4.09. The number of amides is 1. The zero-order chi connectivity index (χ0) is 13.2. The van der Waals surface area contributed by atoms with Gasteiger partial charge >= 0.3 is 0 Å². The molecule has 3 nitrogen and oxygen atoms in total. The Balaban J connectivity index is 1.80. The molecule has 1 amide bonds. The predicted molar refractivity (Wildman–Crippen MR) is 78.8 cm³/mol. The molecule has 2 aromatic heterocycles. The SMILES string of the molecule is N#Cc1ccc(NC(=O)c2cc3sccc3s2)cc1. The van der Waals surface area contributed by atoms with Gasteiger partial charge in [0.25, 0.3) is 5.91 Å². The molecule has 0 aliphatic heterocycles. The van der Waals surface area contributed by atoms with Crippen molar-refractivity contribution in [3.05, 3.63) is 52.2 Å². The summed E-state index contributed by atoms with van der Waals surface area (Å²) < 4.78 is 2.27. The van der Waals surface area contributed by atoms with Crippen molar-refractivity contribution in [2.75, 3.05) is 5.32 Å². The summed E-state index contributed by atoms with van der Waals surface area (Å²) in [5, 5.41) is 13.6. The monoisotopic (exact) mass is 284 g/mol. The third kappa shape index (κ3) is 2.36. The van der Waals surface area contributed by atoms with Crippen molar-refractivity contribution < 1.29 is 4.79 Å². The van der Waals surface area contributed by atoms with Crippen LogP contribution in [0.15, 0.2) is 41.8 Å². The van der Waals surface area contributed by atoms with Crippen LogP contribution in [0, 0.1) is 11.3 Å². The van der Waals surface area contributed by atoms with Crippen LogP contribution in [0.5, 0.6) is 0 Å². The molecule has 3 rings (SSSR count). The average molecular weight is 284 g/mol. The molecule has 2 heterocycles. The molecular formula is C14H8N2OS2. The maximum Gasteiger partial charge on any atom is 0.265 e. The lowest BCUT2D eigenvalue weighted by molar-refractivity contribution is 0.103. The van der Waals surface area contributed by atoms with Crippen LogP contribution in [-0.2, 0) is 0 Å². The molecule has 0 atom stereocenters. The number of nitrogens with one attached hydrogen (secondary N) is 1. The number of fused-ring (bicyclic) bond motifs is 1. The molecule has 0 aliphatic rings. The van der Waals surface area contributed by atoms with Crippen LogP contribution in [-0.4, -0.2) is 5.91 Å². The number of hydrogen-bond donors (Lipinski definition) is 1. The van der Waals surface area contributed by atoms with Crippen molar-refractivity contribution in [3.63, 3.8) is 0 Å². The van der Waals surface area contributed by atoms with Gasteiger partial charge < -0.3 is 5.32 Å². The van der Waals surface area contributed by atoms with Crippen LogP contribution < -0.4 is 5.32 Å². The highest BCUT2D eigenvalue weighted by Crippen LogP contribution is 2.30. The first kappa shape index (κ1) is 11.9. The van der Waals surface area contributed by atoms with Crippen molar-refractivity contribution in [1.82, 2.24) is 0 Å². The van der Waals surface area contributed by atoms with Gasteiger partial charge in [-0.25, -0.2) is 0 Å². The normalized spacial score (nSPS) is 10.3. The fourth-order valence-electron chi connectivity index (χ4n) is 1.70. The lowest BCUT2D eigenvalue weighted by Gasteiger charge is -2.02. The molecule has 1 N–H and O–H groups in total. The zero-order valence-electron chi connectivity index (χ0n) is 9.71. The third-order valence-corrected chi connectivity index (χ3v) is 4.73. The van der Waals surface area contributed by atoms with E-state index in [2.05, 4.69) is 5.32 Å². The van der Waals surface area contributed by atoms with Crippen molar-refractivity contribution in [3.8, 4) is 6.07 Å². The van der Waals surface area contributed by atoms with Crippen LogP contribution in [0.3, 0.4) is 0 Å². The molecule has 0 spiro atoms. The Kier molecular flexibility index (Phi) is 3.03. The van der Waals surface area contributed by atoms with E-state index >= 15 is 0 Å². The van der Waals surface area contributed by atoms with Crippen LogP contribution in [0.25, 0.3) is 9.40 Å². The molecular weight excluding hydrogens is 276 g/mol. The smallest absolute Gasteiger partial charge is 0.265 e. The van der Waals surface area contributed by atoms with E-state index in [1.54, 1.807) is 35.6 Å². The van der Waals surface area contributed by atoms with E-state index in [0.717, 1.165) is 9.40 Å². The summed E-state index contributed by atoms with van der Waals surface area (Å²) in [5.74, 6) is -0.113. The van der Waals surface area contributed by atoms with Gasteiger partial charge in [0.05, 0.1) is 16.5 Å². The Morgan fingerprint density at radius 2 is 1.95 bits per heavy atom. The Labute approximate surface area is 117 Å². The van der Waals surface area contributed by atoms with Crippen molar-refractivity contribution in [2.45, 2.75) is 0 Å². The van der Waals surface area contributed by atoms with Gasteiger partial charge in [-0.2, -0.15) is 5.26 Å². The first-order valence-electron chi connectivity index (χ1n) is 5.55. The van der Waals surface area contributed by atoms with E-state index in [1.165, 1.54) is 11.3 Å². The third-order valence-electron chi connectivity index (χ3n) is 2.64. The Morgan fingerprint density at radius 3 is 2.63 bits per heavy atom. The average Bonchev–Trinajstić information content (AvgIpc) is 3.00. The minimum atomic E-state index is -0.113. The lowest BCUT2D eigenvalue weighted by Crippen LogP contribution is -2.09. The quantitative estimate of drug-likeness (QED) is 0.770. The molecule has 0 saturated carbocycles. The molecule has 0 radical (unpaired) electrons. The van der Waals surface area contributed by atoms with Crippen molar-refractivity contribution >= 4 is 43.7 Å². The summed E-state index contributed by atoms with van der Waals surface area (Å²) in [6.45, 7) is 0. The zero-order valence-corrected chi connectivity index (χ0v) is 11.3. The number of rotatable bonds is 2. The minimum Gasteiger partial charge on any atom is -0.321 e. The summed E-state index contributed by atoms with van der Waals surface area (Å²) in [4.78, 5) is 12.8. The molecule has 3 aromatic rings. The summed E-state index contributed by atoms with van der Waals surface area (Å²) >= 11 is 3.12. The Hall–Kier alpha value is -2.16. The number of thiophene rings is 2. The van der Waals surface area contributed by atoms with Crippen molar-refractivity contribution in [2.24, 2.45) is 0 Å². The molecule has 5 heteroatoms. The number of anilines is 1. The molecule has 1 aromatic carbocycles. The van der Waals surface area contributed by atoms with Gasteiger partial charge in [-0.3, -0.25) is 4.79 Å². The molecule has 0 aliphatic carbocycles. The summed E-state index contributed by atoms with van der Waals surface area (Å²) in [6.07, 6.45) is 0. The largest absolute Gasteiger partial charge is 0.321 e. The van der Waals surface area contributed by atoms with Crippen molar-refractivity contribution in [1.29, 1.82) is 5.26 Å². The van der Waals surface area contributed by atoms with E-state index in [9.17, 15) is 4.79 Å². The van der Waals surface area contributed by atoms with Crippen LogP contribution in [0.2, 0.25) is 0 Å². The standard InChI is InChI=1S/C14H8N2OS2/c15-8-9-1-3-10(4-2-9)16-14(17)13-7-12-11(19-13)5-6-18-12/h1-7H,(H,16,17). The number of benzene rings is 1. The lowest BCUT2D eigenvalue weighted by atomic mass is 10.2. The summed E-state index contributed by atoms with van der Waals surface area (Å²) in [5.41, 5.74) is 1.27. The number of nitriles is 1. The second kappa shape index (κ2) is 4.84. The van der Waals surface area contributed by atoms with E-state index in [-0.39, 0.29) is 5.91 Å². The fraction of sp³-hybridized carbons (Fsp3) is 0. The van der Waals surface area contributed by atoms with Crippen LogP contribution in [0.1, 0.15) is 15.2 Å². The van der Waals surface area contributed by atoms with E-state index in [1.807, 2.05) is 23.6 Å². The van der Waals surface area contributed by atoms with Gasteiger partial charge in [0, 0.05) is 15.1 Å². The van der Waals surface area contributed by atoms with Gasteiger partial charge in [-0.1, -0.05) is 0 Å². The number of carbonyl (C=O) groups is 1. The van der Waals surface area contributed by atoms with Gasteiger partial charge in [0.2, 0.25) is 0 Å². The number of hydrogen-bond acceptors (Lipinski definition) is 4. The minimum absolute atomic E-state index is 0.113. The molecule has 0 unspecified atom stereocenters. The highest BCUT2D eigenvalue weighted by Gasteiger charge is 2.11. The highest BCUT2D eigenvalue weighted by molar-refractivity contribution is 7.27. The maximum atomic E-state index is 12.1. The van der Waals surface area contributed by atoms with Crippen LogP contribution in [0.4, 0.5) is 5.69 Å². The molecule has 92 valence electrons. The molecule has 0 bridgehead atoms. The molecule has 0 fully saturated rings. The first-order chi connectivity index (χ1) is 9.26. The fourth-order valence-corrected chi connectivity index (χ4v) is 3.70. The van der Waals surface area contributed by atoms with E-state index in [4.69, 9.17) is 5.26 Å². The Bertz CT molecular complexity index is 749. The molecule has 0 saturated heterocycles. The first-order valence-corrected chi connectivity index (χ1v) is 7.24. The number of carbonyl (C=O) groups excluding carboxylic acids is 1. The van der Waals surface area contributed by atoms with Gasteiger partial charge in [-0.15, -0.1) is 22.7 Å². The summed E-state index contributed by atoms with van der Waals surface area (Å²) in [6, 6.07) is 12.8. The molecule has 19 heavy (non-hydrogen) atoms. The van der Waals surface area contributed by atoms with Gasteiger partial charge in [0.15, 0.2) is 0 Å². The second-order valence-corrected chi connectivity index (χ2v) is 5.93. The van der Waals surface area contributed by atoms with Gasteiger partial charge in [-0.05, 0) is 41.8 Å². The topological polar surface area (TPSA) is 52.9 Å². The maximum absolute atomic E-state index is 12.1. The van der Waals surface area contributed by atoms with Crippen LogP contribution >= 0.6 is 22.7 Å². The highest BCUT2D eigenvalue weighted by atomic mass is 32.1. The second-order valence-electron chi connectivity index (χ2n) is 3.90. The van der Waals surface area contributed by atoms with E-state index < -0.39 is 0 Å².